The zero-order chi connectivity index (χ0) is 14.2. The topological polar surface area (TPSA) is 67.4 Å². The van der Waals surface area contributed by atoms with Crippen LogP contribution in [-0.2, 0) is 5.54 Å². The molecule has 0 radical (unpaired) electrons. The highest BCUT2D eigenvalue weighted by molar-refractivity contribution is 9.10. The number of para-hydroxylation sites is 1. The van der Waals surface area contributed by atoms with Crippen LogP contribution in [0.1, 0.15) is 12.6 Å². The Labute approximate surface area is 125 Å². The first kappa shape index (κ1) is 13.1. The molecule has 1 aromatic carbocycles. The zero-order valence-corrected chi connectivity index (χ0v) is 12.6. The number of anilines is 1. The van der Waals surface area contributed by atoms with Crippen molar-refractivity contribution in [3.05, 3.63) is 53.0 Å². The van der Waals surface area contributed by atoms with Crippen molar-refractivity contribution >= 4 is 27.6 Å². The van der Waals surface area contributed by atoms with Crippen LogP contribution in [0.4, 0.5) is 5.69 Å². The van der Waals surface area contributed by atoms with E-state index >= 15 is 0 Å². The number of aromatic nitrogens is 2. The predicted octanol–water partition coefficient (Wildman–Crippen LogP) is 2.29. The Balaban J connectivity index is 2.12. The monoisotopic (exact) mass is 331 g/mol. The highest BCUT2D eigenvalue weighted by Crippen LogP contribution is 2.38. The summed E-state index contributed by atoms with van der Waals surface area (Å²) in [5, 5.41) is 0. The Hall–Kier alpha value is -1.95. The minimum absolute atomic E-state index is 0.428. The van der Waals surface area contributed by atoms with Gasteiger partial charge in [0.1, 0.15) is 5.54 Å². The van der Waals surface area contributed by atoms with E-state index in [4.69, 9.17) is 5.73 Å². The van der Waals surface area contributed by atoms with Gasteiger partial charge in [0, 0.05) is 16.9 Å². The summed E-state index contributed by atoms with van der Waals surface area (Å²) in [6, 6.07) is 7.93. The van der Waals surface area contributed by atoms with Gasteiger partial charge in [-0.05, 0) is 35.0 Å². The second-order valence-electron chi connectivity index (χ2n) is 4.83. The third-order valence-corrected chi connectivity index (χ3v) is 4.15. The maximum Gasteiger partial charge on any atom is 0.196 e. The molecule has 5 nitrogen and oxygen atoms in total. The lowest BCUT2D eigenvalue weighted by Crippen LogP contribution is -2.48. The SMILES string of the molecule is CC1(c2cnccn2)CN=C(N)N1c1ccccc1Br. The highest BCUT2D eigenvalue weighted by atomic mass is 79.9. The molecule has 2 heterocycles. The summed E-state index contributed by atoms with van der Waals surface area (Å²) >= 11 is 3.57. The molecule has 0 saturated heterocycles. The van der Waals surface area contributed by atoms with Gasteiger partial charge in [0.25, 0.3) is 0 Å². The number of hydrogen-bond donors (Lipinski definition) is 1. The number of nitrogens with two attached hydrogens (primary N) is 1. The number of guanidine groups is 1. The molecule has 1 unspecified atom stereocenters. The first-order chi connectivity index (χ1) is 9.63. The molecule has 2 N–H and O–H groups in total. The lowest BCUT2D eigenvalue weighted by molar-refractivity contribution is 0.512. The Bertz CT molecular complexity index is 658. The van der Waals surface area contributed by atoms with Crippen molar-refractivity contribution in [1.29, 1.82) is 0 Å². The van der Waals surface area contributed by atoms with E-state index in [1.54, 1.807) is 18.6 Å². The normalized spacial score (nSPS) is 21.9. The maximum absolute atomic E-state index is 6.10. The van der Waals surface area contributed by atoms with Crippen LogP contribution >= 0.6 is 15.9 Å². The van der Waals surface area contributed by atoms with E-state index in [9.17, 15) is 0 Å². The molecule has 0 bridgehead atoms. The molecule has 0 amide bonds. The Morgan fingerprint density at radius 3 is 2.80 bits per heavy atom. The Morgan fingerprint density at radius 1 is 1.30 bits per heavy atom. The molecule has 102 valence electrons. The minimum atomic E-state index is -0.428. The van der Waals surface area contributed by atoms with Crippen molar-refractivity contribution in [3.63, 3.8) is 0 Å². The van der Waals surface area contributed by atoms with E-state index < -0.39 is 5.54 Å². The molecule has 6 heteroatoms. The fraction of sp³-hybridized carbons (Fsp3) is 0.214. The summed E-state index contributed by atoms with van der Waals surface area (Å²) in [5.74, 6) is 0.491. The number of nitrogens with zero attached hydrogens (tertiary/aromatic N) is 4. The first-order valence-corrected chi connectivity index (χ1v) is 7.03. The third-order valence-electron chi connectivity index (χ3n) is 3.48. The Morgan fingerprint density at radius 2 is 2.10 bits per heavy atom. The van der Waals surface area contributed by atoms with E-state index in [1.165, 1.54) is 0 Å². The number of rotatable bonds is 2. The van der Waals surface area contributed by atoms with Gasteiger partial charge in [0.2, 0.25) is 0 Å². The maximum atomic E-state index is 6.10. The van der Waals surface area contributed by atoms with Gasteiger partial charge in [-0.2, -0.15) is 0 Å². The van der Waals surface area contributed by atoms with Gasteiger partial charge in [-0.25, -0.2) is 0 Å². The lowest BCUT2D eigenvalue weighted by Gasteiger charge is -2.35. The standard InChI is InChI=1S/C14H14BrN5/c1-14(12-8-17-6-7-18-12)9-19-13(16)20(14)11-5-3-2-4-10(11)15/h2-8H,9H2,1H3,(H2,16,19). The van der Waals surface area contributed by atoms with Crippen LogP contribution in [0.25, 0.3) is 0 Å². The molecule has 1 aliphatic heterocycles. The molecule has 1 aromatic heterocycles. The highest BCUT2D eigenvalue weighted by Gasteiger charge is 2.42. The fourth-order valence-corrected chi connectivity index (χ4v) is 2.89. The van der Waals surface area contributed by atoms with Crippen molar-refractivity contribution < 1.29 is 0 Å². The van der Waals surface area contributed by atoms with Gasteiger partial charge in [0.05, 0.1) is 24.1 Å². The van der Waals surface area contributed by atoms with E-state index in [0.29, 0.717) is 12.5 Å². The summed E-state index contributed by atoms with van der Waals surface area (Å²) in [6.45, 7) is 2.62. The van der Waals surface area contributed by atoms with Crippen molar-refractivity contribution in [2.75, 3.05) is 11.4 Å². The smallest absolute Gasteiger partial charge is 0.196 e. The van der Waals surface area contributed by atoms with Crippen LogP contribution in [-0.4, -0.2) is 22.5 Å². The largest absolute Gasteiger partial charge is 0.369 e. The quantitative estimate of drug-likeness (QED) is 0.916. The number of aliphatic imine (C=N–C) groups is 1. The van der Waals surface area contributed by atoms with Crippen LogP contribution in [0.5, 0.6) is 0 Å². The van der Waals surface area contributed by atoms with Crippen LogP contribution < -0.4 is 10.6 Å². The average molecular weight is 332 g/mol. The predicted molar refractivity (Wildman–Crippen MR) is 82.5 cm³/mol. The van der Waals surface area contributed by atoms with Gasteiger partial charge in [-0.3, -0.25) is 19.9 Å². The van der Waals surface area contributed by atoms with E-state index in [0.717, 1.165) is 15.9 Å². The van der Waals surface area contributed by atoms with Crippen molar-refractivity contribution in [2.24, 2.45) is 10.7 Å². The number of halogens is 1. The zero-order valence-electron chi connectivity index (χ0n) is 11.0. The summed E-state index contributed by atoms with van der Waals surface area (Å²) in [6.07, 6.45) is 5.11. The molecule has 3 rings (SSSR count). The Kier molecular flexibility index (Phi) is 3.17. The third kappa shape index (κ3) is 1.96. The molecule has 1 aliphatic rings. The van der Waals surface area contributed by atoms with Gasteiger partial charge in [-0.1, -0.05) is 12.1 Å². The molecule has 0 fully saturated rings. The summed E-state index contributed by atoms with van der Waals surface area (Å²) in [4.78, 5) is 15.0. The van der Waals surface area contributed by atoms with Crippen molar-refractivity contribution in [1.82, 2.24) is 9.97 Å². The second-order valence-corrected chi connectivity index (χ2v) is 5.68. The van der Waals surface area contributed by atoms with Gasteiger partial charge in [0.15, 0.2) is 5.96 Å². The van der Waals surface area contributed by atoms with Gasteiger partial charge in [-0.15, -0.1) is 0 Å². The van der Waals surface area contributed by atoms with E-state index in [1.807, 2.05) is 29.2 Å². The van der Waals surface area contributed by atoms with Crippen molar-refractivity contribution in [2.45, 2.75) is 12.5 Å². The molecule has 0 saturated carbocycles. The molecule has 2 aromatic rings. The van der Waals surface area contributed by atoms with Crippen LogP contribution in [0.2, 0.25) is 0 Å². The van der Waals surface area contributed by atoms with Gasteiger partial charge < -0.3 is 5.73 Å². The molecular weight excluding hydrogens is 318 g/mol. The first-order valence-electron chi connectivity index (χ1n) is 6.24. The van der Waals surface area contributed by atoms with Gasteiger partial charge >= 0.3 is 0 Å². The molecule has 0 aliphatic carbocycles. The van der Waals surface area contributed by atoms with Crippen LogP contribution in [0.15, 0.2) is 52.3 Å². The summed E-state index contributed by atoms with van der Waals surface area (Å²) in [5.41, 5.74) is 7.49. The lowest BCUT2D eigenvalue weighted by atomic mass is 9.96. The minimum Gasteiger partial charge on any atom is -0.369 e. The van der Waals surface area contributed by atoms with Crippen molar-refractivity contribution in [3.8, 4) is 0 Å². The summed E-state index contributed by atoms with van der Waals surface area (Å²) in [7, 11) is 0. The second kappa shape index (κ2) is 4.86. The van der Waals surface area contributed by atoms with E-state index in [-0.39, 0.29) is 0 Å². The van der Waals surface area contributed by atoms with Crippen LogP contribution in [0.3, 0.4) is 0 Å². The molecular formula is C14H14BrN5. The summed E-state index contributed by atoms with van der Waals surface area (Å²) < 4.78 is 0.968. The molecule has 20 heavy (non-hydrogen) atoms. The number of benzene rings is 1. The average Bonchev–Trinajstić information content (AvgIpc) is 2.78. The van der Waals surface area contributed by atoms with Crippen LogP contribution in [0, 0.1) is 0 Å². The van der Waals surface area contributed by atoms with E-state index in [2.05, 4.69) is 37.8 Å². The fourth-order valence-electron chi connectivity index (χ4n) is 2.42. The molecule has 0 spiro atoms. The molecule has 1 atom stereocenters. The number of hydrogen-bond acceptors (Lipinski definition) is 5.